The summed E-state index contributed by atoms with van der Waals surface area (Å²) in [6.07, 6.45) is 3.73. The Morgan fingerprint density at radius 1 is 1.31 bits per heavy atom. The summed E-state index contributed by atoms with van der Waals surface area (Å²) in [5.74, 6) is -0.0258. The maximum atomic E-state index is 12.7. The Balaban J connectivity index is 1.34. The third-order valence-corrected chi connectivity index (χ3v) is 5.60. The average molecular weight is 393 g/mol. The molecule has 1 aromatic carbocycles. The smallest absolute Gasteiger partial charge is 0.242 e. The summed E-state index contributed by atoms with van der Waals surface area (Å²) in [6.45, 7) is 5.80. The Morgan fingerprint density at radius 2 is 2.14 bits per heavy atom. The summed E-state index contributed by atoms with van der Waals surface area (Å²) in [7, 11) is 0. The van der Waals surface area contributed by atoms with Gasteiger partial charge in [-0.1, -0.05) is 18.2 Å². The maximum Gasteiger partial charge on any atom is 0.242 e. The second-order valence-corrected chi connectivity index (χ2v) is 7.73. The van der Waals surface area contributed by atoms with E-state index in [9.17, 15) is 9.59 Å². The van der Waals surface area contributed by atoms with Crippen LogP contribution in [0.1, 0.15) is 36.2 Å². The number of aromatic nitrogens is 3. The number of para-hydroxylation sites is 1. The molecule has 1 unspecified atom stereocenters. The molecule has 7 nitrogen and oxygen atoms in total. The molecule has 7 heteroatoms. The number of nitrogens with one attached hydrogen (secondary N) is 2. The maximum absolute atomic E-state index is 12.7. The molecule has 1 fully saturated rings. The van der Waals surface area contributed by atoms with Gasteiger partial charge in [0.05, 0.1) is 5.69 Å². The molecule has 2 aromatic heterocycles. The Kier molecular flexibility index (Phi) is 5.38. The van der Waals surface area contributed by atoms with Crippen LogP contribution in [0.2, 0.25) is 0 Å². The van der Waals surface area contributed by atoms with Crippen LogP contribution in [0.15, 0.2) is 36.5 Å². The van der Waals surface area contributed by atoms with E-state index in [-0.39, 0.29) is 11.8 Å². The van der Waals surface area contributed by atoms with E-state index in [0.717, 1.165) is 40.8 Å². The van der Waals surface area contributed by atoms with Gasteiger partial charge in [-0.15, -0.1) is 0 Å². The molecule has 2 amide bonds. The van der Waals surface area contributed by atoms with Crippen molar-refractivity contribution in [3.8, 4) is 0 Å². The number of hydrogen-bond acceptors (Lipinski definition) is 3. The first-order chi connectivity index (χ1) is 14.0. The fourth-order valence-electron chi connectivity index (χ4n) is 4.11. The van der Waals surface area contributed by atoms with Gasteiger partial charge in [-0.2, -0.15) is 5.10 Å². The van der Waals surface area contributed by atoms with Crippen LogP contribution in [0.3, 0.4) is 0 Å². The van der Waals surface area contributed by atoms with Crippen LogP contribution in [0.5, 0.6) is 0 Å². The lowest BCUT2D eigenvalue weighted by Gasteiger charge is -2.24. The largest absolute Gasteiger partial charge is 0.361 e. The second-order valence-electron chi connectivity index (χ2n) is 7.73. The van der Waals surface area contributed by atoms with Gasteiger partial charge in [0, 0.05) is 48.8 Å². The van der Waals surface area contributed by atoms with E-state index >= 15 is 0 Å². The predicted molar refractivity (Wildman–Crippen MR) is 111 cm³/mol. The van der Waals surface area contributed by atoms with Crippen molar-refractivity contribution in [3.05, 3.63) is 53.5 Å². The minimum absolute atomic E-state index is 0.0399. The second kappa shape index (κ2) is 8.11. The van der Waals surface area contributed by atoms with Crippen molar-refractivity contribution in [1.82, 2.24) is 25.0 Å². The van der Waals surface area contributed by atoms with Crippen molar-refractivity contribution < 1.29 is 9.59 Å². The summed E-state index contributed by atoms with van der Waals surface area (Å²) < 4.78 is 1.96. The van der Waals surface area contributed by atoms with Gasteiger partial charge in [-0.05, 0) is 44.4 Å². The van der Waals surface area contributed by atoms with Gasteiger partial charge in [0.15, 0.2) is 0 Å². The first-order valence-electron chi connectivity index (χ1n) is 10.2. The number of nitrogens with zero attached hydrogens (tertiary/aromatic N) is 3. The third kappa shape index (κ3) is 4.04. The van der Waals surface area contributed by atoms with E-state index in [2.05, 4.69) is 15.4 Å². The van der Waals surface area contributed by atoms with Gasteiger partial charge >= 0.3 is 0 Å². The van der Waals surface area contributed by atoms with Crippen LogP contribution in [-0.4, -0.2) is 44.1 Å². The molecule has 0 saturated carbocycles. The molecule has 2 N–H and O–H groups in total. The fraction of sp³-hybridized carbons (Fsp3) is 0.409. The topological polar surface area (TPSA) is 83.0 Å². The Hall–Kier alpha value is -3.09. The minimum atomic E-state index is -0.398. The third-order valence-electron chi connectivity index (χ3n) is 5.60. The highest BCUT2D eigenvalue weighted by atomic mass is 16.2. The summed E-state index contributed by atoms with van der Waals surface area (Å²) in [5.41, 5.74) is 4.21. The van der Waals surface area contributed by atoms with Crippen LogP contribution in [0.25, 0.3) is 10.9 Å². The number of fused-ring (bicyclic) bond motifs is 1. The number of aromatic amines is 1. The quantitative estimate of drug-likeness (QED) is 0.606. The van der Waals surface area contributed by atoms with Gasteiger partial charge in [-0.3, -0.25) is 14.3 Å². The van der Waals surface area contributed by atoms with Crippen molar-refractivity contribution in [2.75, 3.05) is 6.54 Å². The Morgan fingerprint density at radius 3 is 2.93 bits per heavy atom. The van der Waals surface area contributed by atoms with E-state index in [1.807, 2.05) is 55.1 Å². The monoisotopic (exact) mass is 393 g/mol. The summed E-state index contributed by atoms with van der Waals surface area (Å²) >= 11 is 0. The van der Waals surface area contributed by atoms with Crippen molar-refractivity contribution in [3.63, 3.8) is 0 Å². The molecule has 4 rings (SSSR count). The molecule has 1 atom stereocenters. The van der Waals surface area contributed by atoms with E-state index in [1.165, 1.54) is 0 Å². The number of rotatable bonds is 7. The number of hydrogen-bond donors (Lipinski definition) is 2. The van der Waals surface area contributed by atoms with Gasteiger partial charge in [-0.25, -0.2) is 0 Å². The number of carbonyl (C=O) groups excluding carboxylic acids is 2. The van der Waals surface area contributed by atoms with E-state index in [0.29, 0.717) is 25.9 Å². The van der Waals surface area contributed by atoms with Gasteiger partial charge in [0.1, 0.15) is 6.04 Å². The first-order valence-corrected chi connectivity index (χ1v) is 10.2. The molecule has 29 heavy (non-hydrogen) atoms. The highest BCUT2D eigenvalue weighted by Gasteiger charge is 2.36. The molecule has 0 aliphatic carbocycles. The zero-order chi connectivity index (χ0) is 20.4. The SMILES string of the molecule is Cc1cc(C)n(CCCNC(=O)C2CCC(=O)N2Cc2c[nH]c3ccccc23)n1. The van der Waals surface area contributed by atoms with Crippen LogP contribution in [-0.2, 0) is 22.7 Å². The zero-order valence-corrected chi connectivity index (χ0v) is 16.9. The number of benzene rings is 1. The lowest BCUT2D eigenvalue weighted by atomic mass is 10.1. The summed E-state index contributed by atoms with van der Waals surface area (Å²) in [5, 5.41) is 8.54. The zero-order valence-electron chi connectivity index (χ0n) is 16.9. The normalized spacial score (nSPS) is 16.7. The van der Waals surface area contributed by atoms with Crippen LogP contribution in [0, 0.1) is 13.8 Å². The predicted octanol–water partition coefficient (Wildman–Crippen LogP) is 2.68. The first kappa shape index (κ1) is 19.2. The molecule has 1 aliphatic heterocycles. The van der Waals surface area contributed by atoms with Crippen molar-refractivity contribution in [2.24, 2.45) is 0 Å². The summed E-state index contributed by atoms with van der Waals surface area (Å²) in [6, 6.07) is 9.66. The van der Waals surface area contributed by atoms with Crippen molar-refractivity contribution in [1.29, 1.82) is 0 Å². The molecule has 3 heterocycles. The van der Waals surface area contributed by atoms with Gasteiger partial charge < -0.3 is 15.2 Å². The molecule has 1 saturated heterocycles. The lowest BCUT2D eigenvalue weighted by Crippen LogP contribution is -2.44. The Bertz CT molecular complexity index is 1030. The van der Waals surface area contributed by atoms with Gasteiger partial charge in [0.2, 0.25) is 11.8 Å². The summed E-state index contributed by atoms with van der Waals surface area (Å²) in [4.78, 5) is 30.1. The molecular formula is C22H27N5O2. The van der Waals surface area contributed by atoms with Crippen molar-refractivity contribution >= 4 is 22.7 Å². The van der Waals surface area contributed by atoms with Gasteiger partial charge in [0.25, 0.3) is 0 Å². The van der Waals surface area contributed by atoms with E-state index in [1.54, 1.807) is 4.90 Å². The number of likely N-dealkylation sites (tertiary alicyclic amines) is 1. The lowest BCUT2D eigenvalue weighted by molar-refractivity contribution is -0.135. The van der Waals surface area contributed by atoms with Crippen molar-refractivity contribution in [2.45, 2.75) is 52.2 Å². The fourth-order valence-corrected chi connectivity index (χ4v) is 4.11. The molecule has 0 radical (unpaired) electrons. The minimum Gasteiger partial charge on any atom is -0.361 e. The van der Waals surface area contributed by atoms with E-state index < -0.39 is 6.04 Å². The molecule has 3 aromatic rings. The highest BCUT2D eigenvalue weighted by Crippen LogP contribution is 2.25. The molecule has 0 spiro atoms. The Labute approximate surface area is 170 Å². The average Bonchev–Trinajstić information content (AvgIpc) is 3.37. The highest BCUT2D eigenvalue weighted by molar-refractivity contribution is 5.91. The number of H-pyrrole nitrogens is 1. The number of aryl methyl sites for hydroxylation is 3. The van der Waals surface area contributed by atoms with E-state index in [4.69, 9.17) is 0 Å². The standard InChI is InChI=1S/C22H27N5O2/c1-15-12-16(2)27(25-15)11-5-10-23-22(29)20-8-9-21(28)26(20)14-17-13-24-19-7-4-3-6-18(17)19/h3-4,6-7,12-13,20,24H,5,8-11,14H2,1-2H3,(H,23,29). The molecular weight excluding hydrogens is 366 g/mol. The number of carbonyl (C=O) groups is 2. The van der Waals surface area contributed by atoms with Crippen LogP contribution >= 0.6 is 0 Å². The van der Waals surface area contributed by atoms with Crippen LogP contribution < -0.4 is 5.32 Å². The molecule has 152 valence electrons. The molecule has 0 bridgehead atoms. The van der Waals surface area contributed by atoms with Crippen LogP contribution in [0.4, 0.5) is 0 Å². The molecule has 1 aliphatic rings. The number of amides is 2.